The van der Waals surface area contributed by atoms with Gasteiger partial charge in [-0.2, -0.15) is 0 Å². The van der Waals surface area contributed by atoms with E-state index in [1.54, 1.807) is 24.3 Å². The van der Waals surface area contributed by atoms with Crippen LogP contribution in [0.5, 0.6) is 5.75 Å². The van der Waals surface area contributed by atoms with Gasteiger partial charge in [0.05, 0.1) is 12.8 Å². The van der Waals surface area contributed by atoms with Gasteiger partial charge in [0.2, 0.25) is 5.91 Å². The average molecular weight is 483 g/mol. The van der Waals surface area contributed by atoms with E-state index in [0.717, 1.165) is 15.7 Å². The second-order valence-corrected chi connectivity index (χ2v) is 9.37. The zero-order valence-electron chi connectivity index (χ0n) is 18.5. The topological polar surface area (TPSA) is 95.2 Å². The van der Waals surface area contributed by atoms with Crippen molar-refractivity contribution in [3.63, 3.8) is 0 Å². The Morgan fingerprint density at radius 2 is 1.91 bits per heavy atom. The second kappa shape index (κ2) is 9.24. The third kappa shape index (κ3) is 4.19. The van der Waals surface area contributed by atoms with Crippen LogP contribution in [0.4, 0.5) is 5.69 Å². The summed E-state index contributed by atoms with van der Waals surface area (Å²) in [7, 11) is 1.47. The van der Waals surface area contributed by atoms with E-state index in [0.29, 0.717) is 26.2 Å². The molecule has 4 aromatic rings. The highest BCUT2D eigenvalue weighted by Crippen LogP contribution is 2.27. The number of nitrogens with one attached hydrogen (secondary N) is 1. The van der Waals surface area contributed by atoms with Crippen LogP contribution < -0.4 is 21.3 Å². The Labute approximate surface area is 197 Å². The molecule has 2 aromatic carbocycles. The van der Waals surface area contributed by atoms with Crippen molar-refractivity contribution in [2.75, 3.05) is 18.7 Å². The van der Waals surface area contributed by atoms with Gasteiger partial charge in [0, 0.05) is 5.69 Å². The normalized spacial score (nSPS) is 11.0. The van der Waals surface area contributed by atoms with Crippen molar-refractivity contribution in [3.05, 3.63) is 74.4 Å². The molecule has 4 rings (SSSR count). The Kier molecular flexibility index (Phi) is 6.39. The largest absolute Gasteiger partial charge is 0.495 e. The average Bonchev–Trinajstić information content (AvgIpc) is 3.25. The van der Waals surface area contributed by atoms with Gasteiger partial charge in [-0.15, -0.1) is 11.3 Å². The summed E-state index contributed by atoms with van der Waals surface area (Å²) in [5, 5.41) is 2.87. The molecule has 0 unspecified atom stereocenters. The fourth-order valence-corrected chi connectivity index (χ4v) is 4.99. The number of carbonyl (C=O) groups excluding carboxylic acids is 1. The number of ether oxygens (including phenoxy) is 1. The molecule has 2 heterocycles. The Morgan fingerprint density at radius 3 is 2.64 bits per heavy atom. The van der Waals surface area contributed by atoms with E-state index in [9.17, 15) is 14.4 Å². The molecule has 0 radical (unpaired) electrons. The van der Waals surface area contributed by atoms with Crippen LogP contribution in [0.15, 0.2) is 56.4 Å². The number of hydrogen-bond donors (Lipinski definition) is 1. The summed E-state index contributed by atoms with van der Waals surface area (Å²) in [5.74, 6) is -0.0203. The SMILES string of the molecule is COc1ccccc1-n1c(=O)c2sc(SC)nc2n(CC(=O)Nc2cccc(C)c2C)c1=O. The molecule has 0 aliphatic heterocycles. The zero-order chi connectivity index (χ0) is 23.7. The number of amides is 1. The van der Waals surface area contributed by atoms with Crippen molar-refractivity contribution in [3.8, 4) is 11.4 Å². The summed E-state index contributed by atoms with van der Waals surface area (Å²) in [5.41, 5.74) is 2.00. The van der Waals surface area contributed by atoms with Gasteiger partial charge in [-0.3, -0.25) is 14.2 Å². The van der Waals surface area contributed by atoms with Crippen molar-refractivity contribution < 1.29 is 9.53 Å². The third-order valence-electron chi connectivity index (χ3n) is 5.35. The van der Waals surface area contributed by atoms with Crippen molar-refractivity contribution in [2.24, 2.45) is 0 Å². The maximum absolute atomic E-state index is 13.5. The van der Waals surface area contributed by atoms with E-state index in [4.69, 9.17) is 4.74 Å². The van der Waals surface area contributed by atoms with Crippen LogP contribution in [0.25, 0.3) is 16.0 Å². The van der Waals surface area contributed by atoms with E-state index < -0.39 is 17.2 Å². The number of aryl methyl sites for hydroxylation is 1. The molecule has 1 amide bonds. The molecule has 2 aromatic heterocycles. The lowest BCUT2D eigenvalue weighted by Crippen LogP contribution is -2.40. The van der Waals surface area contributed by atoms with Gasteiger partial charge in [0.25, 0.3) is 5.56 Å². The maximum atomic E-state index is 13.5. The number of fused-ring (bicyclic) bond motifs is 1. The number of rotatable bonds is 6. The molecule has 10 heteroatoms. The van der Waals surface area contributed by atoms with E-state index in [1.807, 2.05) is 38.3 Å². The first kappa shape index (κ1) is 22.8. The van der Waals surface area contributed by atoms with Crippen LogP contribution in [0.1, 0.15) is 11.1 Å². The molecule has 0 aliphatic rings. The van der Waals surface area contributed by atoms with Crippen molar-refractivity contribution in [2.45, 2.75) is 24.7 Å². The Bertz CT molecular complexity index is 1490. The molecule has 1 N–H and O–H groups in total. The number of anilines is 1. The van der Waals surface area contributed by atoms with Crippen LogP contribution in [0, 0.1) is 13.8 Å². The lowest BCUT2D eigenvalue weighted by atomic mass is 10.1. The minimum Gasteiger partial charge on any atom is -0.495 e. The molecular weight excluding hydrogens is 460 g/mol. The van der Waals surface area contributed by atoms with Crippen LogP contribution >= 0.6 is 23.1 Å². The number of hydrogen-bond acceptors (Lipinski definition) is 7. The van der Waals surface area contributed by atoms with Gasteiger partial charge in [0.1, 0.15) is 17.0 Å². The smallest absolute Gasteiger partial charge is 0.337 e. The summed E-state index contributed by atoms with van der Waals surface area (Å²) in [6.07, 6.45) is 1.84. The van der Waals surface area contributed by atoms with Crippen molar-refractivity contribution >= 4 is 45.0 Å². The molecule has 33 heavy (non-hydrogen) atoms. The summed E-state index contributed by atoms with van der Waals surface area (Å²) >= 11 is 2.56. The Morgan fingerprint density at radius 1 is 1.15 bits per heavy atom. The van der Waals surface area contributed by atoms with Crippen LogP contribution in [-0.4, -0.2) is 33.4 Å². The highest BCUT2D eigenvalue weighted by Gasteiger charge is 2.22. The van der Waals surface area contributed by atoms with Gasteiger partial charge in [0.15, 0.2) is 9.99 Å². The quantitative estimate of drug-likeness (QED) is 0.422. The van der Waals surface area contributed by atoms with Gasteiger partial charge < -0.3 is 10.1 Å². The molecule has 0 atom stereocenters. The number of carbonyl (C=O) groups is 1. The monoisotopic (exact) mass is 482 g/mol. The number of para-hydroxylation sites is 2. The molecule has 170 valence electrons. The summed E-state index contributed by atoms with van der Waals surface area (Å²) in [6.45, 7) is 3.58. The van der Waals surface area contributed by atoms with Crippen LogP contribution in [0.3, 0.4) is 0 Å². The highest BCUT2D eigenvalue weighted by atomic mass is 32.2. The number of methoxy groups -OCH3 is 1. The van der Waals surface area contributed by atoms with E-state index in [-0.39, 0.29) is 12.2 Å². The van der Waals surface area contributed by atoms with Gasteiger partial charge in [-0.05, 0) is 49.4 Å². The van der Waals surface area contributed by atoms with E-state index in [1.165, 1.54) is 34.8 Å². The molecule has 0 saturated carbocycles. The Hall–Kier alpha value is -3.37. The number of thiazole rings is 1. The number of aromatic nitrogens is 3. The minimum absolute atomic E-state index is 0.196. The Balaban J connectivity index is 1.87. The molecular formula is C23H22N4O4S2. The first-order valence-corrected chi connectivity index (χ1v) is 12.1. The van der Waals surface area contributed by atoms with Gasteiger partial charge in [-0.1, -0.05) is 36.0 Å². The predicted molar refractivity (Wildman–Crippen MR) is 132 cm³/mol. The lowest BCUT2D eigenvalue weighted by molar-refractivity contribution is -0.116. The van der Waals surface area contributed by atoms with Gasteiger partial charge in [-0.25, -0.2) is 14.3 Å². The molecule has 0 aliphatic carbocycles. The maximum Gasteiger partial charge on any atom is 0.337 e. The molecule has 0 bridgehead atoms. The highest BCUT2D eigenvalue weighted by molar-refractivity contribution is 8.00. The van der Waals surface area contributed by atoms with Crippen molar-refractivity contribution in [1.29, 1.82) is 0 Å². The first-order chi connectivity index (χ1) is 15.8. The molecule has 0 spiro atoms. The summed E-state index contributed by atoms with van der Waals surface area (Å²) in [6, 6.07) is 12.4. The third-order valence-corrected chi connectivity index (χ3v) is 7.36. The molecule has 0 fully saturated rings. The minimum atomic E-state index is -0.661. The number of benzene rings is 2. The standard InChI is InChI=1S/C23H22N4O4S2/c1-13-8-7-9-15(14(13)2)24-18(28)12-26-20-19(33-22(25-20)32-4)21(29)27(23(26)30)16-10-5-6-11-17(16)31-3/h5-11H,12H2,1-4H3,(H,24,28). The fraction of sp³-hybridized carbons (Fsp3) is 0.217. The van der Waals surface area contributed by atoms with Gasteiger partial charge >= 0.3 is 5.69 Å². The summed E-state index contributed by atoms with van der Waals surface area (Å²) < 4.78 is 8.56. The molecule has 8 nitrogen and oxygen atoms in total. The van der Waals surface area contributed by atoms with E-state index in [2.05, 4.69) is 10.3 Å². The van der Waals surface area contributed by atoms with Crippen LogP contribution in [0.2, 0.25) is 0 Å². The fourth-order valence-electron chi connectivity index (χ4n) is 3.49. The summed E-state index contributed by atoms with van der Waals surface area (Å²) in [4.78, 5) is 44.2. The first-order valence-electron chi connectivity index (χ1n) is 10.1. The molecule has 0 saturated heterocycles. The number of nitrogens with zero attached hydrogens (tertiary/aromatic N) is 3. The van der Waals surface area contributed by atoms with E-state index >= 15 is 0 Å². The van der Waals surface area contributed by atoms with Crippen LogP contribution in [-0.2, 0) is 11.3 Å². The second-order valence-electron chi connectivity index (χ2n) is 7.31. The number of thioether (sulfide) groups is 1. The lowest BCUT2D eigenvalue weighted by Gasteiger charge is -2.14. The van der Waals surface area contributed by atoms with Crippen molar-refractivity contribution in [1.82, 2.24) is 14.1 Å². The zero-order valence-corrected chi connectivity index (χ0v) is 20.2. The predicted octanol–water partition coefficient (Wildman–Crippen LogP) is 3.59.